The topological polar surface area (TPSA) is 49.3 Å². The van der Waals surface area contributed by atoms with Gasteiger partial charge >= 0.3 is 0 Å². The Balaban J connectivity index is 2.02. The van der Waals surface area contributed by atoms with Gasteiger partial charge in [0.2, 0.25) is 0 Å². The molecule has 1 aromatic rings. The minimum Gasteiger partial charge on any atom is -0.379 e. The first kappa shape index (κ1) is 15.4. The molecule has 1 unspecified atom stereocenters. The first-order valence-electron chi connectivity index (χ1n) is 7.00. The normalized spacial score (nSPS) is 22.8. The summed E-state index contributed by atoms with van der Waals surface area (Å²) in [5.41, 5.74) is 1.13. The number of carbonyl (C=O) groups excluding carboxylic acids is 1. The molecular formula is C16H23NO2S. The molecule has 2 rings (SSSR count). The van der Waals surface area contributed by atoms with Crippen LogP contribution in [0.15, 0.2) is 24.3 Å². The molecule has 1 saturated heterocycles. The number of benzene rings is 1. The summed E-state index contributed by atoms with van der Waals surface area (Å²) in [4.78, 5) is 12.2. The third-order valence-corrected chi connectivity index (χ3v) is 5.16. The van der Waals surface area contributed by atoms with Crippen molar-refractivity contribution in [1.29, 1.82) is 0 Å². The second-order valence-corrected chi connectivity index (χ2v) is 7.32. The van der Waals surface area contributed by atoms with E-state index >= 15 is 0 Å². The number of aliphatic hydroxyl groups is 1. The zero-order valence-electron chi connectivity index (χ0n) is 12.4. The SMILES string of the molecule is Cc1ccccc1C(C)(C)CNC(=O)C1(O)CCSC1. The number of nitrogens with one attached hydrogen (secondary N) is 1. The Labute approximate surface area is 125 Å². The van der Waals surface area contributed by atoms with Gasteiger partial charge in [-0.15, -0.1) is 0 Å². The average Bonchev–Trinajstić information content (AvgIpc) is 2.84. The Hall–Kier alpha value is -1.000. The van der Waals surface area contributed by atoms with E-state index in [-0.39, 0.29) is 11.3 Å². The lowest BCUT2D eigenvalue weighted by Crippen LogP contribution is -2.50. The fourth-order valence-electron chi connectivity index (χ4n) is 2.63. The highest BCUT2D eigenvalue weighted by Gasteiger charge is 2.40. The smallest absolute Gasteiger partial charge is 0.252 e. The molecule has 110 valence electrons. The fourth-order valence-corrected chi connectivity index (χ4v) is 3.87. The van der Waals surface area contributed by atoms with Crippen LogP contribution in [0, 0.1) is 6.92 Å². The molecule has 0 saturated carbocycles. The second kappa shape index (κ2) is 5.78. The van der Waals surface area contributed by atoms with Gasteiger partial charge in [-0.25, -0.2) is 0 Å². The predicted molar refractivity (Wildman–Crippen MR) is 84.1 cm³/mol. The quantitative estimate of drug-likeness (QED) is 0.895. The molecule has 0 aromatic heterocycles. The lowest BCUT2D eigenvalue weighted by Gasteiger charge is -2.29. The monoisotopic (exact) mass is 293 g/mol. The molecule has 1 fully saturated rings. The summed E-state index contributed by atoms with van der Waals surface area (Å²) in [5.74, 6) is 1.12. The van der Waals surface area contributed by atoms with Crippen LogP contribution in [0.1, 0.15) is 31.4 Å². The van der Waals surface area contributed by atoms with Crippen molar-refractivity contribution in [3.63, 3.8) is 0 Å². The Morgan fingerprint density at radius 2 is 2.15 bits per heavy atom. The van der Waals surface area contributed by atoms with Gasteiger partial charge < -0.3 is 10.4 Å². The molecule has 0 bridgehead atoms. The standard InChI is InChI=1S/C16H23NO2S/c1-12-6-4-5-7-13(12)15(2,3)10-17-14(18)16(19)8-9-20-11-16/h4-7,19H,8-11H2,1-3H3,(H,17,18). The van der Waals surface area contributed by atoms with E-state index in [4.69, 9.17) is 0 Å². The van der Waals surface area contributed by atoms with Crippen molar-refractivity contribution in [2.45, 2.75) is 38.2 Å². The number of hydrogen-bond acceptors (Lipinski definition) is 3. The minimum atomic E-state index is -1.17. The highest BCUT2D eigenvalue weighted by Crippen LogP contribution is 2.29. The molecular weight excluding hydrogens is 270 g/mol. The van der Waals surface area contributed by atoms with Gasteiger partial charge in [0.25, 0.3) is 5.91 Å². The van der Waals surface area contributed by atoms with Crippen LogP contribution in [-0.2, 0) is 10.2 Å². The average molecular weight is 293 g/mol. The Bertz CT molecular complexity index is 493. The largest absolute Gasteiger partial charge is 0.379 e. The number of carbonyl (C=O) groups is 1. The molecule has 1 aromatic carbocycles. The Morgan fingerprint density at radius 1 is 1.45 bits per heavy atom. The molecule has 0 spiro atoms. The Morgan fingerprint density at radius 3 is 2.75 bits per heavy atom. The summed E-state index contributed by atoms with van der Waals surface area (Å²) < 4.78 is 0. The molecule has 3 nitrogen and oxygen atoms in total. The van der Waals surface area contributed by atoms with E-state index in [9.17, 15) is 9.90 Å². The van der Waals surface area contributed by atoms with Gasteiger partial charge in [-0.3, -0.25) is 4.79 Å². The maximum atomic E-state index is 12.2. The summed E-state index contributed by atoms with van der Waals surface area (Å²) in [6.45, 7) is 6.84. The zero-order valence-corrected chi connectivity index (χ0v) is 13.2. The van der Waals surface area contributed by atoms with Crippen molar-refractivity contribution in [1.82, 2.24) is 5.32 Å². The molecule has 1 atom stereocenters. The summed E-state index contributed by atoms with van der Waals surface area (Å²) in [6.07, 6.45) is 0.550. The lowest BCUT2D eigenvalue weighted by molar-refractivity contribution is -0.137. The number of amides is 1. The van der Waals surface area contributed by atoms with Crippen LogP contribution in [0.25, 0.3) is 0 Å². The number of hydrogen-bond donors (Lipinski definition) is 2. The number of thioether (sulfide) groups is 1. The minimum absolute atomic E-state index is 0.150. The van der Waals surface area contributed by atoms with Crippen LogP contribution in [0.4, 0.5) is 0 Å². The van der Waals surface area contributed by atoms with E-state index in [1.165, 1.54) is 11.1 Å². The van der Waals surface area contributed by atoms with Crippen molar-refractivity contribution >= 4 is 17.7 Å². The molecule has 0 radical (unpaired) electrons. The maximum Gasteiger partial charge on any atom is 0.252 e. The van der Waals surface area contributed by atoms with Gasteiger partial charge in [0, 0.05) is 17.7 Å². The van der Waals surface area contributed by atoms with Gasteiger partial charge in [0.15, 0.2) is 5.60 Å². The van der Waals surface area contributed by atoms with Gasteiger partial charge in [-0.05, 0) is 30.2 Å². The Kier molecular flexibility index (Phi) is 4.45. The zero-order chi connectivity index (χ0) is 14.8. The highest BCUT2D eigenvalue weighted by molar-refractivity contribution is 7.99. The van der Waals surface area contributed by atoms with E-state index in [0.717, 1.165) is 5.75 Å². The molecule has 4 heteroatoms. The van der Waals surface area contributed by atoms with Crippen molar-refractivity contribution in [2.24, 2.45) is 0 Å². The van der Waals surface area contributed by atoms with Crippen molar-refractivity contribution in [2.75, 3.05) is 18.1 Å². The maximum absolute atomic E-state index is 12.2. The summed E-state index contributed by atoms with van der Waals surface area (Å²) >= 11 is 1.63. The van der Waals surface area contributed by atoms with E-state index in [2.05, 4.69) is 38.2 Å². The van der Waals surface area contributed by atoms with Crippen LogP contribution >= 0.6 is 11.8 Å². The second-order valence-electron chi connectivity index (χ2n) is 6.22. The van der Waals surface area contributed by atoms with E-state index < -0.39 is 5.60 Å². The first-order valence-corrected chi connectivity index (χ1v) is 8.15. The van der Waals surface area contributed by atoms with E-state index in [1.54, 1.807) is 11.8 Å². The molecule has 0 aliphatic carbocycles. The summed E-state index contributed by atoms with van der Waals surface area (Å²) in [6, 6.07) is 8.22. The third kappa shape index (κ3) is 3.18. The van der Waals surface area contributed by atoms with Gasteiger partial charge in [-0.2, -0.15) is 11.8 Å². The molecule has 1 amide bonds. The lowest BCUT2D eigenvalue weighted by atomic mass is 9.82. The van der Waals surface area contributed by atoms with Gasteiger partial charge in [0.1, 0.15) is 0 Å². The summed E-state index contributed by atoms with van der Waals surface area (Å²) in [7, 11) is 0. The van der Waals surface area contributed by atoms with E-state index in [1.807, 2.05) is 12.1 Å². The van der Waals surface area contributed by atoms with Crippen molar-refractivity contribution < 1.29 is 9.90 Å². The van der Waals surface area contributed by atoms with Crippen LogP contribution in [0.5, 0.6) is 0 Å². The predicted octanol–water partition coefficient (Wildman–Crippen LogP) is 2.26. The van der Waals surface area contributed by atoms with Crippen LogP contribution in [0.3, 0.4) is 0 Å². The van der Waals surface area contributed by atoms with Crippen LogP contribution in [0.2, 0.25) is 0 Å². The van der Waals surface area contributed by atoms with Gasteiger partial charge in [0.05, 0.1) is 0 Å². The number of rotatable bonds is 4. The van der Waals surface area contributed by atoms with Gasteiger partial charge in [-0.1, -0.05) is 38.1 Å². The number of aryl methyl sites for hydroxylation is 1. The molecule has 1 aliphatic rings. The van der Waals surface area contributed by atoms with E-state index in [0.29, 0.717) is 18.7 Å². The fraction of sp³-hybridized carbons (Fsp3) is 0.562. The molecule has 1 aliphatic heterocycles. The summed E-state index contributed by atoms with van der Waals surface area (Å²) in [5, 5.41) is 13.2. The molecule has 1 heterocycles. The third-order valence-electron chi connectivity index (χ3n) is 3.99. The van der Waals surface area contributed by atoms with Crippen LogP contribution in [-0.4, -0.2) is 34.7 Å². The van der Waals surface area contributed by atoms with Crippen LogP contribution < -0.4 is 5.32 Å². The molecule has 2 N–H and O–H groups in total. The first-order chi connectivity index (χ1) is 9.35. The molecule has 20 heavy (non-hydrogen) atoms. The van der Waals surface area contributed by atoms with Crippen molar-refractivity contribution in [3.05, 3.63) is 35.4 Å². The highest BCUT2D eigenvalue weighted by atomic mass is 32.2. The van der Waals surface area contributed by atoms with Crippen molar-refractivity contribution in [3.8, 4) is 0 Å².